The van der Waals surface area contributed by atoms with Crippen LogP contribution in [0.5, 0.6) is 0 Å². The first kappa shape index (κ1) is 19.0. The van der Waals surface area contributed by atoms with Crippen LogP contribution in [0.15, 0.2) is 42.9 Å². The summed E-state index contributed by atoms with van der Waals surface area (Å²) in [5.74, 6) is 2.61. The van der Waals surface area contributed by atoms with E-state index in [-0.39, 0.29) is 6.10 Å². The Bertz CT molecular complexity index is 1120. The van der Waals surface area contributed by atoms with Gasteiger partial charge in [-0.15, -0.1) is 10.2 Å². The van der Waals surface area contributed by atoms with Gasteiger partial charge in [0.05, 0.1) is 18.0 Å². The summed E-state index contributed by atoms with van der Waals surface area (Å²) in [4.78, 5) is 8.91. The molecule has 29 heavy (non-hydrogen) atoms. The van der Waals surface area contributed by atoms with Crippen LogP contribution in [0.4, 0.5) is 11.8 Å². The molecule has 0 bridgehead atoms. The van der Waals surface area contributed by atoms with Gasteiger partial charge in [0, 0.05) is 44.6 Å². The molecule has 4 heterocycles. The molecule has 0 saturated heterocycles. The van der Waals surface area contributed by atoms with Gasteiger partial charge in [0.25, 0.3) is 0 Å². The Morgan fingerprint density at radius 3 is 2.72 bits per heavy atom. The number of fused-ring (bicyclic) bond motifs is 1. The predicted molar refractivity (Wildman–Crippen MR) is 110 cm³/mol. The minimum Gasteiger partial charge on any atom is -0.381 e. The van der Waals surface area contributed by atoms with Crippen molar-refractivity contribution in [2.24, 2.45) is 13.0 Å². The Labute approximate surface area is 168 Å². The summed E-state index contributed by atoms with van der Waals surface area (Å²) in [6.45, 7) is 4.28. The Morgan fingerprint density at radius 2 is 2.00 bits per heavy atom. The van der Waals surface area contributed by atoms with Crippen LogP contribution in [0.2, 0.25) is 0 Å². The lowest BCUT2D eigenvalue weighted by molar-refractivity contribution is 0.0636. The second-order valence-electron chi connectivity index (χ2n) is 7.21. The molecule has 0 radical (unpaired) electrons. The van der Waals surface area contributed by atoms with E-state index in [0.717, 1.165) is 28.5 Å². The normalized spacial score (nSPS) is 12.6. The average Bonchev–Trinajstić information content (AvgIpc) is 3.31. The second-order valence-corrected chi connectivity index (χ2v) is 7.21. The fourth-order valence-corrected chi connectivity index (χ4v) is 3.20. The summed E-state index contributed by atoms with van der Waals surface area (Å²) in [6, 6.07) is 7.72. The van der Waals surface area contributed by atoms with E-state index in [2.05, 4.69) is 44.4 Å². The highest BCUT2D eigenvalue weighted by molar-refractivity contribution is 5.65. The standard InChI is InChI=1S/C20H24N8O/c1-13(2)16(29-4)12-19-26-25-18-11-14(7-10-28(18)19)15-5-8-21-20(23-15)24-17-6-9-22-27(17)3/h5-11,13,16H,12H2,1-4H3,(H,21,23,24)/t16-/m0/s1. The van der Waals surface area contributed by atoms with E-state index in [9.17, 15) is 0 Å². The summed E-state index contributed by atoms with van der Waals surface area (Å²) in [6.07, 6.45) is 6.23. The smallest absolute Gasteiger partial charge is 0.228 e. The number of anilines is 2. The Kier molecular flexibility index (Phi) is 5.22. The monoisotopic (exact) mass is 392 g/mol. The Hall–Kier alpha value is -3.33. The first-order valence-corrected chi connectivity index (χ1v) is 9.50. The minimum absolute atomic E-state index is 0.101. The van der Waals surface area contributed by atoms with E-state index in [1.54, 1.807) is 24.2 Å². The van der Waals surface area contributed by atoms with Gasteiger partial charge in [-0.2, -0.15) is 5.10 Å². The van der Waals surface area contributed by atoms with E-state index in [0.29, 0.717) is 18.3 Å². The van der Waals surface area contributed by atoms with E-state index in [1.165, 1.54) is 0 Å². The van der Waals surface area contributed by atoms with Gasteiger partial charge < -0.3 is 10.1 Å². The summed E-state index contributed by atoms with van der Waals surface area (Å²) in [7, 11) is 3.59. The molecule has 0 fully saturated rings. The molecule has 1 N–H and O–H groups in total. The number of aryl methyl sites for hydroxylation is 1. The first-order valence-electron chi connectivity index (χ1n) is 9.50. The number of aromatic nitrogens is 7. The van der Waals surface area contributed by atoms with Crippen molar-refractivity contribution in [1.82, 2.24) is 34.3 Å². The van der Waals surface area contributed by atoms with Gasteiger partial charge in [-0.05, 0) is 24.1 Å². The molecule has 4 aromatic heterocycles. The lowest BCUT2D eigenvalue weighted by Crippen LogP contribution is -2.22. The molecule has 0 aliphatic heterocycles. The molecule has 0 unspecified atom stereocenters. The second kappa shape index (κ2) is 7.96. The summed E-state index contributed by atoms with van der Waals surface area (Å²) in [5, 5.41) is 16.0. The molecule has 0 saturated carbocycles. The maximum absolute atomic E-state index is 5.58. The highest BCUT2D eigenvalue weighted by Crippen LogP contribution is 2.21. The van der Waals surface area contributed by atoms with Crippen LogP contribution in [-0.4, -0.2) is 47.6 Å². The van der Waals surface area contributed by atoms with Crippen molar-refractivity contribution < 1.29 is 4.74 Å². The Morgan fingerprint density at radius 1 is 1.14 bits per heavy atom. The molecule has 0 aliphatic rings. The van der Waals surface area contributed by atoms with Gasteiger partial charge in [0.1, 0.15) is 11.6 Å². The van der Waals surface area contributed by atoms with Crippen molar-refractivity contribution in [3.05, 3.63) is 48.7 Å². The van der Waals surface area contributed by atoms with Crippen LogP contribution < -0.4 is 5.32 Å². The van der Waals surface area contributed by atoms with E-state index >= 15 is 0 Å². The Balaban J connectivity index is 1.60. The molecule has 9 heteroatoms. The molecule has 0 amide bonds. The average molecular weight is 392 g/mol. The number of nitrogens with one attached hydrogen (secondary N) is 1. The van der Waals surface area contributed by atoms with Gasteiger partial charge in [-0.25, -0.2) is 9.97 Å². The van der Waals surface area contributed by atoms with Gasteiger partial charge in [-0.3, -0.25) is 9.08 Å². The van der Waals surface area contributed by atoms with Crippen molar-refractivity contribution in [2.45, 2.75) is 26.4 Å². The SMILES string of the molecule is CO[C@@H](Cc1nnc2cc(-c3ccnc(Nc4ccnn4C)n3)ccn12)C(C)C. The number of rotatable bonds is 7. The number of methoxy groups -OCH3 is 1. The highest BCUT2D eigenvalue weighted by atomic mass is 16.5. The minimum atomic E-state index is 0.101. The van der Waals surface area contributed by atoms with E-state index in [1.807, 2.05) is 41.9 Å². The molecule has 4 rings (SSSR count). The molecule has 0 aromatic carbocycles. The highest BCUT2D eigenvalue weighted by Gasteiger charge is 2.17. The van der Waals surface area contributed by atoms with Crippen molar-refractivity contribution in [1.29, 1.82) is 0 Å². The molecule has 0 aliphatic carbocycles. The van der Waals surface area contributed by atoms with Crippen LogP contribution in [0.3, 0.4) is 0 Å². The third-order valence-electron chi connectivity index (χ3n) is 4.92. The summed E-state index contributed by atoms with van der Waals surface area (Å²) < 4.78 is 9.30. The first-order chi connectivity index (χ1) is 14.0. The number of pyridine rings is 1. The number of hydrogen-bond acceptors (Lipinski definition) is 7. The number of nitrogens with zero attached hydrogens (tertiary/aromatic N) is 7. The van der Waals surface area contributed by atoms with Crippen LogP contribution in [-0.2, 0) is 18.2 Å². The zero-order valence-corrected chi connectivity index (χ0v) is 16.9. The predicted octanol–water partition coefficient (Wildman–Crippen LogP) is 2.88. The van der Waals surface area contributed by atoms with Crippen LogP contribution >= 0.6 is 0 Å². The van der Waals surface area contributed by atoms with Crippen molar-refractivity contribution in [3.8, 4) is 11.3 Å². The zero-order chi connectivity index (χ0) is 20.4. The number of ether oxygens (including phenoxy) is 1. The van der Waals surface area contributed by atoms with Crippen molar-refractivity contribution in [2.75, 3.05) is 12.4 Å². The molecule has 1 atom stereocenters. The van der Waals surface area contributed by atoms with Crippen molar-refractivity contribution in [3.63, 3.8) is 0 Å². The molecule has 150 valence electrons. The largest absolute Gasteiger partial charge is 0.381 e. The quantitative estimate of drug-likeness (QED) is 0.517. The molecular weight excluding hydrogens is 368 g/mol. The molecule has 4 aromatic rings. The lowest BCUT2D eigenvalue weighted by Gasteiger charge is -2.17. The van der Waals surface area contributed by atoms with Gasteiger partial charge in [-0.1, -0.05) is 13.8 Å². The third-order valence-corrected chi connectivity index (χ3v) is 4.92. The van der Waals surface area contributed by atoms with Gasteiger partial charge >= 0.3 is 0 Å². The van der Waals surface area contributed by atoms with Gasteiger partial charge in [0.2, 0.25) is 5.95 Å². The summed E-state index contributed by atoms with van der Waals surface area (Å²) >= 11 is 0. The summed E-state index contributed by atoms with van der Waals surface area (Å²) in [5.41, 5.74) is 2.52. The van der Waals surface area contributed by atoms with Crippen LogP contribution in [0, 0.1) is 5.92 Å². The fourth-order valence-electron chi connectivity index (χ4n) is 3.20. The maximum atomic E-state index is 5.58. The fraction of sp³-hybridized carbons (Fsp3) is 0.350. The van der Waals surface area contributed by atoms with Crippen molar-refractivity contribution >= 4 is 17.4 Å². The van der Waals surface area contributed by atoms with E-state index < -0.39 is 0 Å². The van der Waals surface area contributed by atoms with E-state index in [4.69, 9.17) is 4.74 Å². The molecular formula is C20H24N8O. The topological polar surface area (TPSA) is 95.0 Å². The molecule has 9 nitrogen and oxygen atoms in total. The number of hydrogen-bond donors (Lipinski definition) is 1. The molecule has 0 spiro atoms. The zero-order valence-electron chi connectivity index (χ0n) is 16.9. The van der Waals surface area contributed by atoms with Gasteiger partial charge in [0.15, 0.2) is 5.65 Å². The lowest BCUT2D eigenvalue weighted by atomic mass is 10.0. The van der Waals surface area contributed by atoms with Crippen LogP contribution in [0.25, 0.3) is 16.9 Å². The third kappa shape index (κ3) is 3.95. The maximum Gasteiger partial charge on any atom is 0.228 e. The van der Waals surface area contributed by atoms with Crippen LogP contribution in [0.1, 0.15) is 19.7 Å².